The molecule has 1 aromatic carbocycles. The zero-order valence-electron chi connectivity index (χ0n) is 14.0. The molecule has 0 bridgehead atoms. The number of nitrogens with zero attached hydrogens (tertiary/aromatic N) is 1. The molecule has 0 saturated carbocycles. The summed E-state index contributed by atoms with van der Waals surface area (Å²) in [5, 5.41) is 3.00. The maximum atomic E-state index is 12.1. The van der Waals surface area contributed by atoms with Crippen molar-refractivity contribution in [3.05, 3.63) is 35.4 Å². The number of hydrogen-bond donors (Lipinski definition) is 1. The van der Waals surface area contributed by atoms with E-state index in [0.29, 0.717) is 13.1 Å². The van der Waals surface area contributed by atoms with Gasteiger partial charge in [-0.25, -0.2) is 0 Å². The molecule has 23 heavy (non-hydrogen) atoms. The van der Waals surface area contributed by atoms with Crippen molar-refractivity contribution in [2.75, 3.05) is 20.2 Å². The van der Waals surface area contributed by atoms with Crippen molar-refractivity contribution in [2.45, 2.75) is 32.7 Å². The van der Waals surface area contributed by atoms with Gasteiger partial charge in [0.05, 0.1) is 7.11 Å². The highest BCUT2D eigenvalue weighted by molar-refractivity contribution is 5.92. The number of ether oxygens (including phenoxy) is 1. The summed E-state index contributed by atoms with van der Waals surface area (Å²) in [6.45, 7) is 4.99. The van der Waals surface area contributed by atoms with Crippen molar-refractivity contribution >= 4 is 17.9 Å². The molecule has 124 valence electrons. The standard InChI is InChI=1S/C18H24N2O3/c1-13-4-6-17(23-3)15(12-13)5-7-18(22)19-16-8-10-20(11-9-16)14(2)21/h4-7,12,16H,8-11H2,1-3H3,(H,19,22). The second kappa shape index (κ2) is 7.81. The minimum Gasteiger partial charge on any atom is -0.496 e. The predicted molar refractivity (Wildman–Crippen MR) is 90.2 cm³/mol. The summed E-state index contributed by atoms with van der Waals surface area (Å²) in [5.41, 5.74) is 2.00. The Bertz CT molecular complexity index is 602. The molecule has 0 spiro atoms. The Kier molecular flexibility index (Phi) is 5.79. The van der Waals surface area contributed by atoms with E-state index in [1.807, 2.05) is 30.0 Å². The number of carbonyl (C=O) groups is 2. The van der Waals surface area contributed by atoms with Crippen molar-refractivity contribution in [1.29, 1.82) is 0 Å². The Hall–Kier alpha value is -2.30. The third-order valence-corrected chi connectivity index (χ3v) is 4.09. The first kappa shape index (κ1) is 17.1. The van der Waals surface area contributed by atoms with Gasteiger partial charge in [0.2, 0.25) is 11.8 Å². The summed E-state index contributed by atoms with van der Waals surface area (Å²) in [6.07, 6.45) is 4.90. The van der Waals surface area contributed by atoms with Crippen LogP contribution in [0.1, 0.15) is 30.9 Å². The number of rotatable bonds is 4. The number of piperidine rings is 1. The van der Waals surface area contributed by atoms with Crippen LogP contribution in [0.15, 0.2) is 24.3 Å². The Labute approximate surface area is 137 Å². The molecule has 1 aromatic rings. The topological polar surface area (TPSA) is 58.6 Å². The fourth-order valence-electron chi connectivity index (χ4n) is 2.74. The van der Waals surface area contributed by atoms with Gasteiger partial charge in [-0.2, -0.15) is 0 Å². The first-order valence-corrected chi connectivity index (χ1v) is 7.88. The van der Waals surface area contributed by atoms with E-state index in [1.165, 1.54) is 6.08 Å². The molecule has 0 aromatic heterocycles. The highest BCUT2D eigenvalue weighted by Crippen LogP contribution is 2.21. The van der Waals surface area contributed by atoms with Crippen LogP contribution >= 0.6 is 0 Å². The van der Waals surface area contributed by atoms with Crippen LogP contribution in [-0.2, 0) is 9.59 Å². The van der Waals surface area contributed by atoms with Crippen LogP contribution in [0, 0.1) is 6.92 Å². The van der Waals surface area contributed by atoms with E-state index in [-0.39, 0.29) is 17.9 Å². The Morgan fingerprint density at radius 1 is 1.30 bits per heavy atom. The van der Waals surface area contributed by atoms with E-state index >= 15 is 0 Å². The minimum atomic E-state index is -0.116. The van der Waals surface area contributed by atoms with Crippen molar-refractivity contribution < 1.29 is 14.3 Å². The minimum absolute atomic E-state index is 0.0983. The third-order valence-electron chi connectivity index (χ3n) is 4.09. The summed E-state index contributed by atoms with van der Waals surface area (Å²) < 4.78 is 5.30. The SMILES string of the molecule is COc1ccc(C)cc1C=CC(=O)NC1CCN(C(C)=O)CC1. The van der Waals surface area contributed by atoms with Crippen LogP contribution < -0.4 is 10.1 Å². The maximum absolute atomic E-state index is 12.1. The number of aryl methyl sites for hydroxylation is 1. The molecule has 1 aliphatic rings. The van der Waals surface area contributed by atoms with E-state index in [1.54, 1.807) is 20.1 Å². The highest BCUT2D eigenvalue weighted by atomic mass is 16.5. The van der Waals surface area contributed by atoms with E-state index in [0.717, 1.165) is 29.7 Å². The van der Waals surface area contributed by atoms with Gasteiger partial charge < -0.3 is 15.0 Å². The first-order valence-electron chi connectivity index (χ1n) is 7.88. The molecular weight excluding hydrogens is 292 g/mol. The number of likely N-dealkylation sites (tertiary alicyclic amines) is 1. The molecule has 0 aliphatic carbocycles. The van der Waals surface area contributed by atoms with Gasteiger partial charge in [0.1, 0.15) is 5.75 Å². The monoisotopic (exact) mass is 316 g/mol. The third kappa shape index (κ3) is 4.84. The fourth-order valence-corrected chi connectivity index (χ4v) is 2.74. The van der Waals surface area contributed by atoms with Gasteiger partial charge in [-0.1, -0.05) is 11.6 Å². The summed E-state index contributed by atoms with van der Waals surface area (Å²) >= 11 is 0. The summed E-state index contributed by atoms with van der Waals surface area (Å²) in [7, 11) is 1.62. The van der Waals surface area contributed by atoms with Crippen LogP contribution in [0.5, 0.6) is 5.75 Å². The molecule has 1 fully saturated rings. The predicted octanol–water partition coefficient (Wildman–Crippen LogP) is 2.14. The highest BCUT2D eigenvalue weighted by Gasteiger charge is 2.21. The smallest absolute Gasteiger partial charge is 0.244 e. The Morgan fingerprint density at radius 3 is 2.61 bits per heavy atom. The molecule has 5 nitrogen and oxygen atoms in total. The van der Waals surface area contributed by atoms with Crippen LogP contribution in [0.4, 0.5) is 0 Å². The lowest BCUT2D eigenvalue weighted by atomic mass is 10.0. The molecule has 5 heteroatoms. The molecule has 1 saturated heterocycles. The van der Waals surface area contributed by atoms with Gasteiger partial charge in [0.25, 0.3) is 0 Å². The van der Waals surface area contributed by atoms with Gasteiger partial charge in [-0.15, -0.1) is 0 Å². The molecule has 2 amide bonds. The number of benzene rings is 1. The molecule has 1 aliphatic heterocycles. The first-order chi connectivity index (χ1) is 11.0. The average molecular weight is 316 g/mol. The molecule has 0 atom stereocenters. The van der Waals surface area contributed by atoms with E-state index in [4.69, 9.17) is 4.74 Å². The number of amides is 2. The average Bonchev–Trinajstić information content (AvgIpc) is 2.53. The molecule has 2 rings (SSSR count). The number of nitrogens with one attached hydrogen (secondary N) is 1. The second-order valence-corrected chi connectivity index (χ2v) is 5.87. The van der Waals surface area contributed by atoms with Crippen molar-refractivity contribution in [3.63, 3.8) is 0 Å². The van der Waals surface area contributed by atoms with Gasteiger partial charge in [0.15, 0.2) is 0 Å². The zero-order chi connectivity index (χ0) is 16.8. The molecule has 0 unspecified atom stereocenters. The quantitative estimate of drug-likeness (QED) is 0.866. The second-order valence-electron chi connectivity index (χ2n) is 5.87. The number of hydrogen-bond acceptors (Lipinski definition) is 3. The Balaban J connectivity index is 1.90. The fraction of sp³-hybridized carbons (Fsp3) is 0.444. The molecule has 0 radical (unpaired) electrons. The normalized spacial score (nSPS) is 15.7. The molecule has 1 heterocycles. The van der Waals surface area contributed by atoms with Gasteiger partial charge in [-0.05, 0) is 38.0 Å². The summed E-state index contributed by atoms with van der Waals surface area (Å²) in [4.78, 5) is 25.2. The zero-order valence-corrected chi connectivity index (χ0v) is 14.0. The number of carbonyl (C=O) groups excluding carboxylic acids is 2. The molecule has 1 N–H and O–H groups in total. The van der Waals surface area contributed by atoms with E-state index in [2.05, 4.69) is 5.32 Å². The van der Waals surface area contributed by atoms with Crippen molar-refractivity contribution in [1.82, 2.24) is 10.2 Å². The van der Waals surface area contributed by atoms with E-state index in [9.17, 15) is 9.59 Å². The van der Waals surface area contributed by atoms with Crippen molar-refractivity contribution in [2.24, 2.45) is 0 Å². The van der Waals surface area contributed by atoms with Crippen LogP contribution in [0.25, 0.3) is 6.08 Å². The maximum Gasteiger partial charge on any atom is 0.244 e. The number of methoxy groups -OCH3 is 1. The van der Waals surface area contributed by atoms with Gasteiger partial charge in [-0.3, -0.25) is 9.59 Å². The largest absolute Gasteiger partial charge is 0.496 e. The van der Waals surface area contributed by atoms with Crippen LogP contribution in [0.2, 0.25) is 0 Å². The lowest BCUT2D eigenvalue weighted by Crippen LogP contribution is -2.45. The molecular formula is C18H24N2O3. The Morgan fingerprint density at radius 2 is 2.00 bits per heavy atom. The van der Waals surface area contributed by atoms with Gasteiger partial charge in [0, 0.05) is 37.7 Å². The summed E-state index contributed by atoms with van der Waals surface area (Å²) in [6, 6.07) is 5.97. The van der Waals surface area contributed by atoms with Crippen LogP contribution in [0.3, 0.4) is 0 Å². The lowest BCUT2D eigenvalue weighted by molar-refractivity contribution is -0.129. The lowest BCUT2D eigenvalue weighted by Gasteiger charge is -2.31. The van der Waals surface area contributed by atoms with Crippen LogP contribution in [-0.4, -0.2) is 43.0 Å². The van der Waals surface area contributed by atoms with E-state index < -0.39 is 0 Å². The summed E-state index contributed by atoms with van der Waals surface area (Å²) in [5.74, 6) is 0.727. The van der Waals surface area contributed by atoms with Gasteiger partial charge >= 0.3 is 0 Å². The van der Waals surface area contributed by atoms with Crippen molar-refractivity contribution in [3.8, 4) is 5.75 Å².